The molecule has 0 bridgehead atoms. The van der Waals surface area contributed by atoms with Crippen molar-refractivity contribution in [2.75, 3.05) is 0 Å². The second kappa shape index (κ2) is 6.43. The van der Waals surface area contributed by atoms with Crippen LogP contribution in [0, 0.1) is 6.92 Å². The molecular weight excluding hydrogens is 311 g/mol. The smallest absolute Gasteiger partial charge is 0.348 e. The summed E-state index contributed by atoms with van der Waals surface area (Å²) in [5.41, 5.74) is 0.660. The maximum atomic E-state index is 12.5. The van der Waals surface area contributed by atoms with Crippen molar-refractivity contribution in [2.45, 2.75) is 46.1 Å². The number of carbonyl (C=O) groups excluding carboxylic acids is 1. The van der Waals surface area contributed by atoms with Crippen LogP contribution in [0.15, 0.2) is 18.5 Å². The first-order chi connectivity index (χ1) is 10.7. The molecule has 6 nitrogen and oxygen atoms in total. The molecule has 0 radical (unpaired) electrons. The Labute approximate surface area is 131 Å². The Balaban J connectivity index is 1.98. The van der Waals surface area contributed by atoms with Crippen LogP contribution in [0.3, 0.4) is 0 Å². The minimum Gasteiger partial charge on any atom is -0.348 e. The lowest BCUT2D eigenvalue weighted by molar-refractivity contribution is -0.141. The molecular formula is C14H18F3N5O. The Morgan fingerprint density at radius 1 is 1.35 bits per heavy atom. The van der Waals surface area contributed by atoms with Crippen molar-refractivity contribution in [3.63, 3.8) is 0 Å². The van der Waals surface area contributed by atoms with Gasteiger partial charge in [-0.05, 0) is 26.8 Å². The largest absolute Gasteiger partial charge is 0.435 e. The van der Waals surface area contributed by atoms with E-state index in [9.17, 15) is 18.0 Å². The van der Waals surface area contributed by atoms with E-state index >= 15 is 0 Å². The molecule has 2 rings (SSSR count). The van der Waals surface area contributed by atoms with Crippen molar-refractivity contribution in [2.24, 2.45) is 0 Å². The van der Waals surface area contributed by atoms with Gasteiger partial charge in [0.15, 0.2) is 5.69 Å². The molecule has 126 valence electrons. The molecule has 23 heavy (non-hydrogen) atoms. The van der Waals surface area contributed by atoms with Crippen molar-refractivity contribution >= 4 is 5.91 Å². The summed E-state index contributed by atoms with van der Waals surface area (Å²) in [5, 5.41) is 10.4. The lowest BCUT2D eigenvalue weighted by Gasteiger charge is -2.13. The van der Waals surface area contributed by atoms with Crippen LogP contribution in [-0.4, -0.2) is 25.5 Å². The number of aryl methyl sites for hydroxylation is 2. The lowest BCUT2D eigenvalue weighted by Crippen LogP contribution is -2.30. The minimum atomic E-state index is -4.51. The Kier molecular flexibility index (Phi) is 4.76. The Morgan fingerprint density at radius 2 is 2.04 bits per heavy atom. The van der Waals surface area contributed by atoms with Gasteiger partial charge in [0.05, 0.1) is 11.7 Å². The van der Waals surface area contributed by atoms with Crippen LogP contribution >= 0.6 is 0 Å². The third-order valence-corrected chi connectivity index (χ3v) is 3.39. The molecule has 0 saturated heterocycles. The van der Waals surface area contributed by atoms with Crippen molar-refractivity contribution < 1.29 is 18.0 Å². The Bertz CT molecular complexity index is 689. The average molecular weight is 329 g/mol. The van der Waals surface area contributed by atoms with Gasteiger partial charge in [-0.25, -0.2) is 0 Å². The van der Waals surface area contributed by atoms with Gasteiger partial charge in [0.25, 0.3) is 0 Å². The monoisotopic (exact) mass is 329 g/mol. The quantitative estimate of drug-likeness (QED) is 0.915. The van der Waals surface area contributed by atoms with E-state index in [0.717, 1.165) is 34.7 Å². The third-order valence-electron chi connectivity index (χ3n) is 3.39. The van der Waals surface area contributed by atoms with Crippen LogP contribution in [0.4, 0.5) is 13.2 Å². The number of alkyl halides is 3. The molecule has 2 aromatic rings. The van der Waals surface area contributed by atoms with E-state index < -0.39 is 17.8 Å². The number of halogens is 3. The minimum absolute atomic E-state index is 0.276. The first kappa shape index (κ1) is 17.0. The van der Waals surface area contributed by atoms with E-state index in [1.807, 2.05) is 20.0 Å². The number of aromatic nitrogens is 4. The normalized spacial score (nSPS) is 13.1. The fourth-order valence-electron chi connectivity index (χ4n) is 2.23. The van der Waals surface area contributed by atoms with E-state index in [-0.39, 0.29) is 12.6 Å². The molecule has 0 saturated carbocycles. The Hall–Kier alpha value is -2.32. The topological polar surface area (TPSA) is 64.7 Å². The zero-order valence-electron chi connectivity index (χ0n) is 13.1. The van der Waals surface area contributed by atoms with Crippen LogP contribution in [0.1, 0.15) is 36.8 Å². The number of nitrogens with one attached hydrogen (secondary N) is 1. The van der Waals surface area contributed by atoms with Gasteiger partial charge in [0.1, 0.15) is 6.54 Å². The van der Waals surface area contributed by atoms with Gasteiger partial charge in [-0.3, -0.25) is 14.2 Å². The van der Waals surface area contributed by atoms with Crippen LogP contribution in [-0.2, 0) is 24.1 Å². The number of hydrogen-bond acceptors (Lipinski definition) is 3. The molecule has 1 unspecified atom stereocenters. The first-order valence-electron chi connectivity index (χ1n) is 7.14. The molecule has 9 heteroatoms. The standard InChI is InChI=1S/C14H18F3N5O/c1-4-21-7-11(10(3)19-21)9(2)18-13(23)8-22-6-5-12(20-22)14(15,16)17/h5-7,9H,4,8H2,1-3H3,(H,18,23). The fraction of sp³-hybridized carbons (Fsp3) is 0.500. The van der Waals surface area contributed by atoms with Crippen molar-refractivity contribution in [1.82, 2.24) is 24.9 Å². The van der Waals surface area contributed by atoms with Gasteiger partial charge in [0, 0.05) is 24.5 Å². The molecule has 0 aliphatic carbocycles. The highest BCUT2D eigenvalue weighted by atomic mass is 19.4. The van der Waals surface area contributed by atoms with E-state index in [4.69, 9.17) is 0 Å². The molecule has 0 aromatic carbocycles. The second-order valence-electron chi connectivity index (χ2n) is 5.21. The number of nitrogens with zero attached hydrogens (tertiary/aromatic N) is 4. The van der Waals surface area contributed by atoms with Gasteiger partial charge >= 0.3 is 6.18 Å². The van der Waals surface area contributed by atoms with Crippen LogP contribution < -0.4 is 5.32 Å². The van der Waals surface area contributed by atoms with Gasteiger partial charge in [-0.2, -0.15) is 23.4 Å². The van der Waals surface area contributed by atoms with Crippen molar-refractivity contribution in [3.05, 3.63) is 35.4 Å². The van der Waals surface area contributed by atoms with Crippen molar-refractivity contribution in [3.8, 4) is 0 Å². The van der Waals surface area contributed by atoms with Gasteiger partial charge in [-0.1, -0.05) is 0 Å². The summed E-state index contributed by atoms with van der Waals surface area (Å²) < 4.78 is 40.1. The summed E-state index contributed by atoms with van der Waals surface area (Å²) in [7, 11) is 0. The molecule has 0 aliphatic heterocycles. The number of rotatable bonds is 5. The lowest BCUT2D eigenvalue weighted by atomic mass is 10.1. The van der Waals surface area contributed by atoms with E-state index in [2.05, 4.69) is 15.5 Å². The predicted molar refractivity (Wildman–Crippen MR) is 76.4 cm³/mol. The number of hydrogen-bond donors (Lipinski definition) is 1. The third kappa shape index (κ3) is 4.11. The van der Waals surface area contributed by atoms with E-state index in [0.29, 0.717) is 0 Å². The molecule has 0 spiro atoms. The van der Waals surface area contributed by atoms with Crippen molar-refractivity contribution in [1.29, 1.82) is 0 Å². The summed E-state index contributed by atoms with van der Waals surface area (Å²) in [5.74, 6) is -0.419. The van der Waals surface area contributed by atoms with Gasteiger partial charge in [-0.15, -0.1) is 0 Å². The highest BCUT2D eigenvalue weighted by Gasteiger charge is 2.33. The molecule has 0 aliphatic rings. The maximum Gasteiger partial charge on any atom is 0.435 e. The SMILES string of the molecule is CCn1cc(C(C)NC(=O)Cn2ccc(C(F)(F)F)n2)c(C)n1. The molecule has 2 heterocycles. The van der Waals surface area contributed by atoms with Crippen LogP contribution in [0.25, 0.3) is 0 Å². The fourth-order valence-corrected chi connectivity index (χ4v) is 2.23. The maximum absolute atomic E-state index is 12.5. The van der Waals surface area contributed by atoms with Crippen LogP contribution in [0.2, 0.25) is 0 Å². The summed E-state index contributed by atoms with van der Waals surface area (Å²) >= 11 is 0. The molecule has 0 fully saturated rings. The molecule has 1 atom stereocenters. The van der Waals surface area contributed by atoms with Gasteiger partial charge in [0.2, 0.25) is 5.91 Å². The average Bonchev–Trinajstić information content (AvgIpc) is 3.04. The first-order valence-corrected chi connectivity index (χ1v) is 7.14. The number of amides is 1. The van der Waals surface area contributed by atoms with Gasteiger partial charge < -0.3 is 5.32 Å². The molecule has 2 aromatic heterocycles. The summed E-state index contributed by atoms with van der Waals surface area (Å²) in [4.78, 5) is 12.0. The summed E-state index contributed by atoms with van der Waals surface area (Å²) in [6, 6.07) is 0.548. The highest BCUT2D eigenvalue weighted by molar-refractivity contribution is 5.76. The zero-order chi connectivity index (χ0) is 17.2. The number of carbonyl (C=O) groups is 1. The second-order valence-corrected chi connectivity index (χ2v) is 5.21. The summed E-state index contributed by atoms with van der Waals surface area (Å²) in [6.45, 7) is 6.03. The van der Waals surface area contributed by atoms with E-state index in [1.54, 1.807) is 11.6 Å². The molecule has 1 amide bonds. The summed E-state index contributed by atoms with van der Waals surface area (Å²) in [6.07, 6.45) is -1.54. The molecule has 1 N–H and O–H groups in total. The van der Waals surface area contributed by atoms with E-state index in [1.165, 1.54) is 0 Å². The van der Waals surface area contributed by atoms with Crippen LogP contribution in [0.5, 0.6) is 0 Å². The Morgan fingerprint density at radius 3 is 2.57 bits per heavy atom. The highest BCUT2D eigenvalue weighted by Crippen LogP contribution is 2.27. The predicted octanol–water partition coefficient (Wildman–Crippen LogP) is 2.30. The zero-order valence-corrected chi connectivity index (χ0v) is 13.1.